The third-order valence-electron chi connectivity index (χ3n) is 10.9. The third kappa shape index (κ3) is 5.99. The Morgan fingerprint density at radius 2 is 1.71 bits per heavy atom. The maximum atomic E-state index is 12.2. The number of aliphatic hydroxyl groups excluding tert-OH is 2. The van der Waals surface area contributed by atoms with Gasteiger partial charge in [-0.2, -0.15) is 0 Å². The smallest absolute Gasteiger partial charge is 0.748 e. The summed E-state index contributed by atoms with van der Waals surface area (Å²) in [6.45, 7) is 6.96. The first-order valence-corrected chi connectivity index (χ1v) is 15.0. The summed E-state index contributed by atoms with van der Waals surface area (Å²) in [4.78, 5) is 12.2. The molecule has 4 fully saturated rings. The monoisotopic (exact) mass is 521 g/mol. The first-order chi connectivity index (χ1) is 15.8. The number of nitrogens with one attached hydrogen (secondary N) is 1. The summed E-state index contributed by atoms with van der Waals surface area (Å²) in [6.07, 6.45) is 8.78. The molecule has 0 bridgehead atoms. The number of fused-ring (bicyclic) bond motifs is 5. The second kappa shape index (κ2) is 11.2. The van der Waals surface area contributed by atoms with Gasteiger partial charge in [0.15, 0.2) is 0 Å². The van der Waals surface area contributed by atoms with Gasteiger partial charge in [0.25, 0.3) is 0 Å². The van der Waals surface area contributed by atoms with E-state index in [2.05, 4.69) is 26.1 Å². The van der Waals surface area contributed by atoms with Crippen LogP contribution in [0.2, 0.25) is 0 Å². The predicted molar refractivity (Wildman–Crippen MR) is 129 cm³/mol. The molecule has 3 N–H and O–H groups in total. The Labute approximate surface area is 233 Å². The maximum absolute atomic E-state index is 12.2. The molecular formula is C26H44NNaO6S. The van der Waals surface area contributed by atoms with E-state index in [0.717, 1.165) is 51.4 Å². The van der Waals surface area contributed by atoms with Crippen LogP contribution in [0.3, 0.4) is 0 Å². The number of rotatable bonds is 7. The molecule has 0 saturated heterocycles. The minimum absolute atomic E-state index is 0. The Balaban J connectivity index is 0.00000342. The normalized spacial score (nSPS) is 43.8. The molecule has 10 atom stereocenters. The van der Waals surface area contributed by atoms with Gasteiger partial charge in [-0.1, -0.05) is 20.8 Å². The zero-order valence-corrected chi connectivity index (χ0v) is 24.9. The van der Waals surface area contributed by atoms with E-state index in [9.17, 15) is 28.0 Å². The SMILES string of the molecule is CC(CCC(=O)NCCS(=O)(=O)[O-])C1CC[C@H]2[C@@H]3C(O)C[C@@H]4CC(O)CC[C@]4(C)[C@@H]3CC[C@]12C.[Na+]. The Morgan fingerprint density at radius 3 is 2.40 bits per heavy atom. The van der Waals surface area contributed by atoms with E-state index in [-0.39, 0.29) is 65.0 Å². The molecule has 0 heterocycles. The van der Waals surface area contributed by atoms with Crippen molar-refractivity contribution >= 4 is 16.0 Å². The van der Waals surface area contributed by atoms with Crippen molar-refractivity contribution in [3.05, 3.63) is 0 Å². The summed E-state index contributed by atoms with van der Waals surface area (Å²) in [7, 11) is -4.31. The van der Waals surface area contributed by atoms with Crippen molar-refractivity contribution in [1.29, 1.82) is 0 Å². The number of hydrogen-bond acceptors (Lipinski definition) is 6. The molecular weight excluding hydrogens is 477 g/mol. The van der Waals surface area contributed by atoms with Crippen LogP contribution in [0, 0.1) is 46.3 Å². The molecule has 0 aliphatic heterocycles. The van der Waals surface area contributed by atoms with Gasteiger partial charge in [-0.05, 0) is 104 Å². The second-order valence-electron chi connectivity index (χ2n) is 12.6. The molecule has 7 nitrogen and oxygen atoms in total. The van der Waals surface area contributed by atoms with Gasteiger partial charge in [0, 0.05) is 13.0 Å². The third-order valence-corrected chi connectivity index (χ3v) is 11.6. The second-order valence-corrected chi connectivity index (χ2v) is 14.1. The van der Waals surface area contributed by atoms with Crippen LogP contribution < -0.4 is 34.9 Å². The summed E-state index contributed by atoms with van der Waals surface area (Å²) in [6, 6.07) is 0. The molecule has 1 amide bonds. The number of hydrogen-bond donors (Lipinski definition) is 3. The van der Waals surface area contributed by atoms with Crippen molar-refractivity contribution in [1.82, 2.24) is 5.32 Å². The average molecular weight is 522 g/mol. The van der Waals surface area contributed by atoms with Crippen LogP contribution in [0.5, 0.6) is 0 Å². The van der Waals surface area contributed by atoms with Gasteiger partial charge in [-0.15, -0.1) is 0 Å². The zero-order valence-electron chi connectivity index (χ0n) is 22.0. The van der Waals surface area contributed by atoms with E-state index in [1.54, 1.807) is 0 Å². The Morgan fingerprint density at radius 1 is 1.06 bits per heavy atom. The van der Waals surface area contributed by atoms with E-state index in [4.69, 9.17) is 0 Å². The Hall–Kier alpha value is 0.300. The largest absolute Gasteiger partial charge is 1.00 e. The number of amides is 1. The molecule has 0 aromatic heterocycles. The van der Waals surface area contributed by atoms with Gasteiger partial charge in [-0.3, -0.25) is 4.79 Å². The summed E-state index contributed by atoms with van der Waals surface area (Å²) < 4.78 is 32.2. The van der Waals surface area contributed by atoms with Crippen molar-refractivity contribution in [3.8, 4) is 0 Å². The molecule has 4 aliphatic rings. The predicted octanol–water partition coefficient (Wildman–Crippen LogP) is 0.0587. The molecule has 0 aromatic rings. The molecule has 4 saturated carbocycles. The Kier molecular flexibility index (Phi) is 9.54. The van der Waals surface area contributed by atoms with Crippen LogP contribution in [0.1, 0.15) is 85.0 Å². The summed E-state index contributed by atoms with van der Waals surface area (Å²) in [5.74, 6) is 1.92. The number of carbonyl (C=O) groups excluding carboxylic acids is 1. The maximum Gasteiger partial charge on any atom is 1.00 e. The van der Waals surface area contributed by atoms with Gasteiger partial charge >= 0.3 is 29.6 Å². The van der Waals surface area contributed by atoms with E-state index in [0.29, 0.717) is 41.9 Å². The molecule has 4 rings (SSSR count). The zero-order chi connectivity index (χ0) is 24.9. The van der Waals surface area contributed by atoms with Crippen molar-refractivity contribution < 1.29 is 57.5 Å². The molecule has 9 heteroatoms. The minimum Gasteiger partial charge on any atom is -0.748 e. The van der Waals surface area contributed by atoms with Crippen molar-refractivity contribution in [3.63, 3.8) is 0 Å². The van der Waals surface area contributed by atoms with Gasteiger partial charge in [0.1, 0.15) is 0 Å². The summed E-state index contributed by atoms with van der Waals surface area (Å²) in [5, 5.41) is 24.2. The van der Waals surface area contributed by atoms with Crippen LogP contribution in [-0.2, 0) is 14.9 Å². The van der Waals surface area contributed by atoms with Crippen LogP contribution in [0.4, 0.5) is 0 Å². The molecule has 0 spiro atoms. The first kappa shape index (κ1) is 29.9. The topological polar surface area (TPSA) is 127 Å². The number of aliphatic hydroxyl groups is 2. The van der Waals surface area contributed by atoms with Gasteiger partial charge in [0.05, 0.1) is 28.1 Å². The van der Waals surface area contributed by atoms with Gasteiger partial charge < -0.3 is 20.1 Å². The van der Waals surface area contributed by atoms with Crippen LogP contribution >= 0.6 is 0 Å². The quantitative estimate of drug-likeness (QED) is 0.321. The summed E-state index contributed by atoms with van der Waals surface area (Å²) in [5.41, 5.74) is 0.399. The fourth-order valence-corrected chi connectivity index (χ4v) is 9.49. The first-order valence-electron chi connectivity index (χ1n) is 13.4. The fraction of sp³-hybridized carbons (Fsp3) is 0.962. The van der Waals surface area contributed by atoms with Crippen LogP contribution in [-0.4, -0.2) is 53.6 Å². The summed E-state index contributed by atoms with van der Waals surface area (Å²) >= 11 is 0. The van der Waals surface area contributed by atoms with E-state index >= 15 is 0 Å². The Bertz CT molecular complexity index is 870. The average Bonchev–Trinajstić information content (AvgIpc) is 3.09. The molecule has 196 valence electrons. The van der Waals surface area contributed by atoms with Crippen LogP contribution in [0.25, 0.3) is 0 Å². The van der Waals surface area contributed by atoms with E-state index in [1.165, 1.54) is 6.42 Å². The van der Waals surface area contributed by atoms with E-state index < -0.39 is 15.9 Å². The van der Waals surface area contributed by atoms with Gasteiger partial charge in [0.2, 0.25) is 5.91 Å². The molecule has 35 heavy (non-hydrogen) atoms. The molecule has 0 radical (unpaired) electrons. The molecule has 4 unspecified atom stereocenters. The molecule has 0 aromatic carbocycles. The van der Waals surface area contributed by atoms with Crippen molar-refractivity contribution in [2.24, 2.45) is 46.3 Å². The fourth-order valence-electron chi connectivity index (χ4n) is 9.14. The van der Waals surface area contributed by atoms with E-state index in [1.807, 2.05) is 0 Å². The van der Waals surface area contributed by atoms with Gasteiger partial charge in [-0.25, -0.2) is 8.42 Å². The van der Waals surface area contributed by atoms with Crippen LogP contribution in [0.15, 0.2) is 0 Å². The number of carbonyl (C=O) groups is 1. The minimum atomic E-state index is -4.31. The van der Waals surface area contributed by atoms with Crippen molar-refractivity contribution in [2.75, 3.05) is 12.3 Å². The molecule has 4 aliphatic carbocycles. The standard InChI is InChI=1S/C26H45NO6S.Na/c1-16(4-7-23(30)27-12-13-34(31,32)33)19-5-6-20-24-21(9-11-26(19,20)3)25(2)10-8-18(28)14-17(25)15-22(24)29;/h16-22,24,28-29H,4-15H2,1-3H3,(H,27,30)(H,31,32,33);/q;+1/p-1/t16?,17-,18?,19?,20-,21+,22?,24-,25-,26+;/m0./s1. The van der Waals surface area contributed by atoms with Crippen molar-refractivity contribution in [2.45, 2.75) is 97.2 Å².